The molecule has 2 aromatic rings. The fourth-order valence-corrected chi connectivity index (χ4v) is 3.85. The van der Waals surface area contributed by atoms with E-state index < -0.39 is 0 Å². The summed E-state index contributed by atoms with van der Waals surface area (Å²) < 4.78 is 5.29. The van der Waals surface area contributed by atoms with Crippen LogP contribution in [0.25, 0.3) is 11.3 Å². The van der Waals surface area contributed by atoms with E-state index in [1.54, 1.807) is 13.0 Å². The number of benzene rings is 1. The first kappa shape index (κ1) is 20.7. The van der Waals surface area contributed by atoms with Gasteiger partial charge >= 0.3 is 0 Å². The molecule has 0 radical (unpaired) electrons. The summed E-state index contributed by atoms with van der Waals surface area (Å²) in [6, 6.07) is 7.27. The number of nitrogens with two attached hydrogens (primary N) is 1. The molecule has 1 aromatic heterocycles. The summed E-state index contributed by atoms with van der Waals surface area (Å²) in [7, 11) is 0. The fourth-order valence-electron chi connectivity index (χ4n) is 3.62. The van der Waals surface area contributed by atoms with Crippen LogP contribution in [0.15, 0.2) is 28.8 Å². The molecule has 26 heavy (non-hydrogen) atoms. The minimum atomic E-state index is -0.199. The second-order valence-electron chi connectivity index (χ2n) is 6.66. The van der Waals surface area contributed by atoms with Crippen molar-refractivity contribution in [3.05, 3.63) is 40.6 Å². The van der Waals surface area contributed by atoms with E-state index in [1.807, 2.05) is 18.2 Å². The Morgan fingerprint density at radius 1 is 1.35 bits per heavy atom. The number of hydrogen-bond donors (Lipinski definition) is 2. The molecule has 1 aromatic carbocycles. The SMILES string of the molecule is Cc1onc(-c2ccccc2Cl)c1C(=O)NC(CN)C1CCCCC1.Cl. The van der Waals surface area contributed by atoms with E-state index in [4.69, 9.17) is 21.9 Å². The molecule has 1 aliphatic carbocycles. The van der Waals surface area contributed by atoms with Gasteiger partial charge in [-0.2, -0.15) is 0 Å². The Hall–Kier alpha value is -1.56. The van der Waals surface area contributed by atoms with Crippen molar-refractivity contribution in [1.29, 1.82) is 0 Å². The van der Waals surface area contributed by atoms with Gasteiger partial charge in [0.15, 0.2) is 0 Å². The van der Waals surface area contributed by atoms with Crippen LogP contribution < -0.4 is 11.1 Å². The first-order valence-corrected chi connectivity index (χ1v) is 9.21. The van der Waals surface area contributed by atoms with Crippen molar-refractivity contribution in [3.63, 3.8) is 0 Å². The molecule has 1 atom stereocenters. The van der Waals surface area contributed by atoms with Crippen LogP contribution in [0, 0.1) is 12.8 Å². The lowest BCUT2D eigenvalue weighted by Gasteiger charge is -2.30. The van der Waals surface area contributed by atoms with Gasteiger partial charge in [0.2, 0.25) is 0 Å². The molecule has 5 nitrogen and oxygen atoms in total. The van der Waals surface area contributed by atoms with Crippen molar-refractivity contribution in [1.82, 2.24) is 10.5 Å². The van der Waals surface area contributed by atoms with Gasteiger partial charge in [0.05, 0.1) is 5.02 Å². The van der Waals surface area contributed by atoms with Crippen molar-refractivity contribution in [2.75, 3.05) is 6.54 Å². The maximum atomic E-state index is 12.9. The van der Waals surface area contributed by atoms with E-state index in [0.29, 0.717) is 40.1 Å². The van der Waals surface area contributed by atoms with Crippen LogP contribution in [0.1, 0.15) is 48.2 Å². The van der Waals surface area contributed by atoms with E-state index in [0.717, 1.165) is 12.8 Å². The van der Waals surface area contributed by atoms with E-state index in [2.05, 4.69) is 10.5 Å². The summed E-state index contributed by atoms with van der Waals surface area (Å²) in [5.41, 5.74) is 7.53. The summed E-state index contributed by atoms with van der Waals surface area (Å²) >= 11 is 6.27. The van der Waals surface area contributed by atoms with E-state index >= 15 is 0 Å². The second kappa shape index (κ2) is 9.40. The van der Waals surface area contributed by atoms with Gasteiger partial charge in [-0.25, -0.2) is 0 Å². The summed E-state index contributed by atoms with van der Waals surface area (Å²) in [6.07, 6.45) is 5.90. The van der Waals surface area contributed by atoms with Crippen molar-refractivity contribution in [2.45, 2.75) is 45.1 Å². The topological polar surface area (TPSA) is 81.2 Å². The molecule has 1 heterocycles. The molecule has 1 amide bonds. The van der Waals surface area contributed by atoms with Crippen LogP contribution in [0.4, 0.5) is 0 Å². The highest BCUT2D eigenvalue weighted by Crippen LogP contribution is 2.31. The Balaban J connectivity index is 0.00000243. The molecular weight excluding hydrogens is 373 g/mol. The summed E-state index contributed by atoms with van der Waals surface area (Å²) in [6.45, 7) is 2.17. The number of nitrogens with zero attached hydrogens (tertiary/aromatic N) is 1. The van der Waals surface area contributed by atoms with Crippen molar-refractivity contribution in [2.24, 2.45) is 11.7 Å². The maximum absolute atomic E-state index is 12.9. The number of nitrogens with one attached hydrogen (secondary N) is 1. The zero-order valence-corrected chi connectivity index (χ0v) is 16.4. The highest BCUT2D eigenvalue weighted by atomic mass is 35.5. The molecule has 0 aliphatic heterocycles. The summed E-state index contributed by atoms with van der Waals surface area (Å²) in [4.78, 5) is 12.9. The van der Waals surface area contributed by atoms with Crippen molar-refractivity contribution >= 4 is 29.9 Å². The minimum Gasteiger partial charge on any atom is -0.360 e. The fraction of sp³-hybridized carbons (Fsp3) is 0.474. The molecular formula is C19H25Cl2N3O2. The molecule has 1 aliphatic rings. The average Bonchev–Trinajstić information content (AvgIpc) is 3.02. The van der Waals surface area contributed by atoms with Crippen LogP contribution in [0.3, 0.4) is 0 Å². The lowest BCUT2D eigenvalue weighted by Crippen LogP contribution is -2.46. The highest BCUT2D eigenvalue weighted by Gasteiger charge is 2.28. The van der Waals surface area contributed by atoms with Gasteiger partial charge in [-0.15, -0.1) is 12.4 Å². The number of carbonyl (C=O) groups excluding carboxylic acids is 1. The molecule has 3 rings (SSSR count). The molecule has 1 saturated carbocycles. The molecule has 0 bridgehead atoms. The number of aryl methyl sites for hydroxylation is 1. The van der Waals surface area contributed by atoms with Gasteiger partial charge in [0.25, 0.3) is 5.91 Å². The zero-order valence-electron chi connectivity index (χ0n) is 14.8. The first-order valence-electron chi connectivity index (χ1n) is 8.84. The zero-order chi connectivity index (χ0) is 17.8. The third-order valence-corrected chi connectivity index (χ3v) is 5.34. The predicted octanol–water partition coefficient (Wildman–Crippen LogP) is 4.36. The van der Waals surface area contributed by atoms with E-state index in [-0.39, 0.29) is 24.4 Å². The lowest BCUT2D eigenvalue weighted by molar-refractivity contribution is 0.0914. The number of amides is 1. The molecule has 1 fully saturated rings. The quantitative estimate of drug-likeness (QED) is 0.784. The van der Waals surface area contributed by atoms with Crippen molar-refractivity contribution < 1.29 is 9.32 Å². The minimum absolute atomic E-state index is 0. The number of hydrogen-bond acceptors (Lipinski definition) is 4. The van der Waals surface area contributed by atoms with Gasteiger partial charge in [-0.05, 0) is 31.7 Å². The van der Waals surface area contributed by atoms with Crippen LogP contribution in [-0.4, -0.2) is 23.7 Å². The Morgan fingerprint density at radius 3 is 2.69 bits per heavy atom. The lowest BCUT2D eigenvalue weighted by atomic mass is 9.83. The third kappa shape index (κ3) is 4.40. The summed E-state index contributed by atoms with van der Waals surface area (Å²) in [5, 5.41) is 7.70. The summed E-state index contributed by atoms with van der Waals surface area (Å²) in [5.74, 6) is 0.716. The standard InChI is InChI=1S/C19H24ClN3O2.ClH/c1-12-17(18(23-25-12)14-9-5-6-10-15(14)20)19(24)22-16(11-21)13-7-3-2-4-8-13;/h5-6,9-10,13,16H,2-4,7-8,11,21H2,1H3,(H,22,24);1H. The molecule has 0 spiro atoms. The average molecular weight is 398 g/mol. The largest absolute Gasteiger partial charge is 0.360 e. The second-order valence-corrected chi connectivity index (χ2v) is 7.06. The van der Waals surface area contributed by atoms with Crippen LogP contribution in [0.2, 0.25) is 5.02 Å². The van der Waals surface area contributed by atoms with E-state index in [1.165, 1.54) is 19.3 Å². The van der Waals surface area contributed by atoms with Crippen LogP contribution in [-0.2, 0) is 0 Å². The Bertz CT molecular complexity index is 742. The van der Waals surface area contributed by atoms with Crippen LogP contribution >= 0.6 is 24.0 Å². The number of aromatic nitrogens is 1. The van der Waals surface area contributed by atoms with E-state index in [9.17, 15) is 4.79 Å². The van der Waals surface area contributed by atoms with Crippen LogP contribution in [0.5, 0.6) is 0 Å². The normalized spacial score (nSPS) is 16.0. The van der Waals surface area contributed by atoms with Gasteiger partial charge in [-0.3, -0.25) is 4.79 Å². The molecule has 142 valence electrons. The highest BCUT2D eigenvalue weighted by molar-refractivity contribution is 6.33. The van der Waals surface area contributed by atoms with Gasteiger partial charge < -0.3 is 15.6 Å². The molecule has 3 N–H and O–H groups in total. The Labute approximate surface area is 165 Å². The van der Waals surface area contributed by atoms with Gasteiger partial charge in [-0.1, -0.05) is 54.2 Å². The smallest absolute Gasteiger partial charge is 0.257 e. The first-order chi connectivity index (χ1) is 12.1. The number of carbonyl (C=O) groups is 1. The molecule has 7 heteroatoms. The Kier molecular flexibility index (Phi) is 7.50. The monoisotopic (exact) mass is 397 g/mol. The van der Waals surface area contributed by atoms with Crippen molar-refractivity contribution in [3.8, 4) is 11.3 Å². The van der Waals surface area contributed by atoms with Gasteiger partial charge in [0.1, 0.15) is 17.0 Å². The molecule has 1 unspecified atom stereocenters. The number of rotatable bonds is 5. The number of halogens is 2. The predicted molar refractivity (Wildman–Crippen MR) is 106 cm³/mol. The maximum Gasteiger partial charge on any atom is 0.257 e. The third-order valence-electron chi connectivity index (χ3n) is 5.01. The molecule has 0 saturated heterocycles. The Morgan fingerprint density at radius 2 is 2.04 bits per heavy atom. The van der Waals surface area contributed by atoms with Gasteiger partial charge in [0, 0.05) is 18.2 Å².